The fourth-order valence-electron chi connectivity index (χ4n) is 3.82. The van der Waals surface area contributed by atoms with Crippen molar-refractivity contribution in [3.8, 4) is 0 Å². The third-order valence-electron chi connectivity index (χ3n) is 5.33. The van der Waals surface area contributed by atoms with E-state index >= 15 is 0 Å². The number of carbonyl (C=O) groups excluding carboxylic acids is 1. The van der Waals surface area contributed by atoms with E-state index in [2.05, 4.69) is 5.32 Å². The van der Waals surface area contributed by atoms with Crippen LogP contribution in [0.5, 0.6) is 0 Å². The predicted octanol–water partition coefficient (Wildman–Crippen LogP) is -2.97. The van der Waals surface area contributed by atoms with E-state index in [-0.39, 0.29) is 12.5 Å². The maximum atomic E-state index is 11.5. The number of rotatable bonds is 7. The van der Waals surface area contributed by atoms with Crippen molar-refractivity contribution in [2.45, 2.75) is 75.5 Å². The first kappa shape index (κ1) is 23.4. The van der Waals surface area contributed by atoms with E-state index in [4.69, 9.17) is 24.7 Å². The molecule has 7 N–H and O–H groups in total. The Morgan fingerprint density at radius 2 is 1.71 bits per heavy atom. The van der Waals surface area contributed by atoms with Crippen molar-refractivity contribution < 1.29 is 44.2 Å². The van der Waals surface area contributed by atoms with Gasteiger partial charge in [0.15, 0.2) is 12.6 Å². The Morgan fingerprint density at radius 1 is 1.11 bits per heavy atom. The van der Waals surface area contributed by atoms with Gasteiger partial charge in [-0.1, -0.05) is 6.92 Å². The number of nitrogens with one attached hydrogen (secondary N) is 1. The first-order valence-electron chi connectivity index (χ1n) is 9.38. The standard InChI is InChI=1S/C17H32N2O9/c1-4-8-9(5-20)26-16(11(18)13(8)23)28-15-10(6-21)27-17(25-3)12(14(15)24)19-7(2)22/h8-17,20-21,23-24H,4-6,18H2,1-3H3,(H,19,22). The molecule has 1 amide bonds. The van der Waals surface area contributed by atoms with E-state index < -0.39 is 67.7 Å². The zero-order valence-corrected chi connectivity index (χ0v) is 16.3. The first-order valence-corrected chi connectivity index (χ1v) is 9.38. The fourth-order valence-corrected chi connectivity index (χ4v) is 3.82. The van der Waals surface area contributed by atoms with Gasteiger partial charge in [0.05, 0.1) is 31.5 Å². The van der Waals surface area contributed by atoms with Gasteiger partial charge >= 0.3 is 0 Å². The highest BCUT2D eigenvalue weighted by Crippen LogP contribution is 2.31. The van der Waals surface area contributed by atoms with Crippen LogP contribution in [-0.2, 0) is 23.7 Å². The summed E-state index contributed by atoms with van der Waals surface area (Å²) in [6, 6.07) is -1.91. The second-order valence-corrected chi connectivity index (χ2v) is 7.14. The third-order valence-corrected chi connectivity index (χ3v) is 5.33. The van der Waals surface area contributed by atoms with E-state index in [0.29, 0.717) is 6.42 Å². The van der Waals surface area contributed by atoms with Crippen LogP contribution in [0, 0.1) is 5.92 Å². The summed E-state index contributed by atoms with van der Waals surface area (Å²) in [5.41, 5.74) is 6.06. The number of aliphatic hydroxyl groups is 4. The number of methoxy groups -OCH3 is 1. The van der Waals surface area contributed by atoms with Gasteiger partial charge in [-0.05, 0) is 6.42 Å². The second kappa shape index (κ2) is 10.2. The summed E-state index contributed by atoms with van der Waals surface area (Å²) in [5, 5.41) is 43.0. The number of carbonyl (C=O) groups is 1. The second-order valence-electron chi connectivity index (χ2n) is 7.14. The number of amides is 1. The molecule has 2 saturated heterocycles. The minimum Gasteiger partial charge on any atom is -0.394 e. The highest BCUT2D eigenvalue weighted by atomic mass is 16.7. The Kier molecular flexibility index (Phi) is 8.55. The lowest BCUT2D eigenvalue weighted by atomic mass is 9.86. The summed E-state index contributed by atoms with van der Waals surface area (Å²) in [7, 11) is 1.34. The normalized spacial score (nSPS) is 44.3. The van der Waals surface area contributed by atoms with Crippen LogP contribution in [0.15, 0.2) is 0 Å². The first-order chi connectivity index (χ1) is 13.3. The minimum absolute atomic E-state index is 0.338. The molecule has 0 bridgehead atoms. The van der Waals surface area contributed by atoms with Gasteiger partial charge in [-0.25, -0.2) is 0 Å². The minimum atomic E-state index is -1.32. The maximum Gasteiger partial charge on any atom is 0.217 e. The molecule has 11 nitrogen and oxygen atoms in total. The molecule has 2 heterocycles. The zero-order valence-electron chi connectivity index (χ0n) is 16.3. The third kappa shape index (κ3) is 4.81. The number of aliphatic hydroxyl groups excluding tert-OH is 4. The van der Waals surface area contributed by atoms with Crippen LogP contribution in [0.2, 0.25) is 0 Å². The molecule has 2 fully saturated rings. The molecule has 164 valence electrons. The van der Waals surface area contributed by atoms with E-state index in [0.717, 1.165) is 0 Å². The van der Waals surface area contributed by atoms with Crippen molar-refractivity contribution in [2.75, 3.05) is 20.3 Å². The molecule has 2 aliphatic rings. The summed E-state index contributed by atoms with van der Waals surface area (Å²) in [5.74, 6) is -0.783. The summed E-state index contributed by atoms with van der Waals surface area (Å²) in [4.78, 5) is 11.5. The fraction of sp³-hybridized carbons (Fsp3) is 0.941. The van der Waals surface area contributed by atoms with Crippen molar-refractivity contribution in [1.82, 2.24) is 5.32 Å². The molecule has 2 rings (SSSR count). The van der Waals surface area contributed by atoms with Crippen molar-refractivity contribution in [1.29, 1.82) is 0 Å². The van der Waals surface area contributed by atoms with Crippen molar-refractivity contribution in [3.63, 3.8) is 0 Å². The molecule has 2 aliphatic heterocycles. The van der Waals surface area contributed by atoms with Crippen LogP contribution < -0.4 is 11.1 Å². The maximum absolute atomic E-state index is 11.5. The monoisotopic (exact) mass is 408 g/mol. The summed E-state index contributed by atoms with van der Waals surface area (Å²) >= 11 is 0. The molecule has 0 aliphatic carbocycles. The van der Waals surface area contributed by atoms with Crippen LogP contribution in [0.1, 0.15) is 20.3 Å². The Labute approximate surface area is 163 Å². The lowest BCUT2D eigenvalue weighted by Gasteiger charge is -2.48. The van der Waals surface area contributed by atoms with Gasteiger partial charge in [0, 0.05) is 20.0 Å². The molecule has 0 saturated carbocycles. The van der Waals surface area contributed by atoms with Gasteiger partial charge in [-0.15, -0.1) is 0 Å². The summed E-state index contributed by atoms with van der Waals surface area (Å²) in [6.07, 6.45) is -6.75. The SMILES string of the molecule is CCC1C(CO)OC(OC2C(CO)OC(OC)C(NC(C)=O)C2O)C(N)C1O. The highest BCUT2D eigenvalue weighted by Gasteiger charge is 2.50. The van der Waals surface area contributed by atoms with Crippen LogP contribution in [-0.4, -0.2) is 102 Å². The molecule has 0 radical (unpaired) electrons. The molecule has 11 heteroatoms. The van der Waals surface area contributed by atoms with Gasteiger partial charge in [0.2, 0.25) is 5.91 Å². The summed E-state index contributed by atoms with van der Waals surface area (Å²) < 4.78 is 22.3. The van der Waals surface area contributed by atoms with Crippen molar-refractivity contribution in [2.24, 2.45) is 11.7 Å². The molecule has 0 aromatic rings. The number of ether oxygens (including phenoxy) is 4. The molecule has 0 spiro atoms. The topological polar surface area (TPSA) is 173 Å². The molecule has 10 atom stereocenters. The van der Waals surface area contributed by atoms with Gasteiger partial charge in [-0.3, -0.25) is 4.79 Å². The average Bonchev–Trinajstić information content (AvgIpc) is 2.67. The Hall–Kier alpha value is -0.890. The Bertz CT molecular complexity index is 509. The lowest BCUT2D eigenvalue weighted by Crippen LogP contribution is -2.67. The number of hydrogen-bond donors (Lipinski definition) is 6. The largest absolute Gasteiger partial charge is 0.394 e. The van der Waals surface area contributed by atoms with Gasteiger partial charge in [0.25, 0.3) is 0 Å². The molecule has 0 aromatic carbocycles. The zero-order chi connectivity index (χ0) is 21.0. The van der Waals surface area contributed by atoms with Crippen molar-refractivity contribution in [3.05, 3.63) is 0 Å². The molecule has 10 unspecified atom stereocenters. The van der Waals surface area contributed by atoms with E-state index in [1.54, 1.807) is 0 Å². The van der Waals surface area contributed by atoms with E-state index in [1.165, 1.54) is 14.0 Å². The molecular weight excluding hydrogens is 376 g/mol. The summed E-state index contributed by atoms with van der Waals surface area (Å²) in [6.45, 7) is 2.29. The smallest absolute Gasteiger partial charge is 0.217 e. The number of hydrogen-bond acceptors (Lipinski definition) is 10. The average molecular weight is 408 g/mol. The van der Waals surface area contributed by atoms with Gasteiger partial charge in [-0.2, -0.15) is 0 Å². The Morgan fingerprint density at radius 3 is 2.21 bits per heavy atom. The van der Waals surface area contributed by atoms with Crippen LogP contribution in [0.3, 0.4) is 0 Å². The van der Waals surface area contributed by atoms with Crippen molar-refractivity contribution >= 4 is 5.91 Å². The lowest BCUT2D eigenvalue weighted by molar-refractivity contribution is -0.324. The quantitative estimate of drug-likeness (QED) is 0.255. The molecular formula is C17H32N2O9. The van der Waals surface area contributed by atoms with Crippen LogP contribution in [0.25, 0.3) is 0 Å². The Balaban J connectivity index is 2.20. The van der Waals surface area contributed by atoms with Crippen LogP contribution >= 0.6 is 0 Å². The van der Waals surface area contributed by atoms with Gasteiger partial charge in [0.1, 0.15) is 24.4 Å². The van der Waals surface area contributed by atoms with Gasteiger partial charge < -0.3 is 50.4 Å². The molecule has 28 heavy (non-hydrogen) atoms. The number of nitrogens with two attached hydrogens (primary N) is 1. The molecule has 0 aromatic heterocycles. The van der Waals surface area contributed by atoms with E-state index in [1.807, 2.05) is 6.92 Å². The highest BCUT2D eigenvalue weighted by molar-refractivity contribution is 5.73. The van der Waals surface area contributed by atoms with E-state index in [9.17, 15) is 25.2 Å². The van der Waals surface area contributed by atoms with Crippen LogP contribution in [0.4, 0.5) is 0 Å². The predicted molar refractivity (Wildman–Crippen MR) is 94.8 cm³/mol.